The van der Waals surface area contributed by atoms with Crippen LogP contribution in [0.5, 0.6) is 0 Å². The lowest BCUT2D eigenvalue weighted by molar-refractivity contribution is 1.05. The molecule has 0 saturated carbocycles. The number of pyridine rings is 1. The van der Waals surface area contributed by atoms with E-state index in [1.54, 1.807) is 0 Å². The SMILES string of the molecule is c1ccc(-c2nc(-c3ccccc3)nc(-c3ccc(-n4c5ccccc5c5ccc(-c6cccc7c6sc6ccccc67)cc54)nc3)n2)cc1.c1ccc(-c2nc(-c3ccccc3)nc(-c3cccc(-c4ccc5c6ccccc6c6ccccc6c5c4)c3)n2)cc1. The fraction of sp³-hybridized carbons (Fsp3) is 0. The average Bonchev–Trinajstić information content (AvgIpc) is 1.45. The van der Waals surface area contributed by atoms with Gasteiger partial charge in [-0.05, 0) is 97.0 Å². The molecule has 0 fully saturated rings. The predicted molar refractivity (Wildman–Crippen MR) is 381 cm³/mol. The molecular weight excluding hydrogens is 1140 g/mol. The monoisotopic (exact) mass is 1190 g/mol. The Balaban J connectivity index is 0.000000143. The van der Waals surface area contributed by atoms with Crippen molar-refractivity contribution >= 4 is 85.6 Å². The Bertz CT molecular complexity index is 5660. The molecule has 8 nitrogen and oxygen atoms in total. The highest BCUT2D eigenvalue weighted by molar-refractivity contribution is 7.26. The molecule has 9 heteroatoms. The van der Waals surface area contributed by atoms with Crippen molar-refractivity contribution in [2.24, 2.45) is 0 Å². The van der Waals surface area contributed by atoms with Crippen molar-refractivity contribution in [3.05, 3.63) is 316 Å². The van der Waals surface area contributed by atoms with Crippen LogP contribution in [0.1, 0.15) is 0 Å². The molecule has 0 bridgehead atoms. The van der Waals surface area contributed by atoms with Gasteiger partial charge in [0.2, 0.25) is 0 Å². The Kier molecular flexibility index (Phi) is 13.6. The third-order valence-corrected chi connectivity index (χ3v) is 18.4. The molecule has 0 saturated heterocycles. The normalized spacial score (nSPS) is 11.5. The van der Waals surface area contributed by atoms with Crippen molar-refractivity contribution in [1.82, 2.24) is 39.5 Å². The maximum Gasteiger partial charge on any atom is 0.165 e. The van der Waals surface area contributed by atoms with Crippen LogP contribution in [0.15, 0.2) is 316 Å². The maximum absolute atomic E-state index is 5.05. The summed E-state index contributed by atoms with van der Waals surface area (Å²) in [5, 5.41) is 12.6. The lowest BCUT2D eigenvalue weighted by Gasteiger charge is -2.13. The number of fused-ring (bicyclic) bond motifs is 12. The molecule has 5 aromatic heterocycles. The molecule has 0 aliphatic heterocycles. The summed E-state index contributed by atoms with van der Waals surface area (Å²) >= 11 is 1.86. The van der Waals surface area contributed by atoms with E-state index in [4.69, 9.17) is 34.9 Å². The van der Waals surface area contributed by atoms with Gasteiger partial charge in [0.25, 0.3) is 0 Å². The van der Waals surface area contributed by atoms with Crippen molar-refractivity contribution in [1.29, 1.82) is 0 Å². The third-order valence-electron chi connectivity index (χ3n) is 17.2. The first-order valence-corrected chi connectivity index (χ1v) is 31.5. The van der Waals surface area contributed by atoms with E-state index in [-0.39, 0.29) is 0 Å². The van der Waals surface area contributed by atoms with E-state index in [9.17, 15) is 0 Å². The van der Waals surface area contributed by atoms with E-state index >= 15 is 0 Å². The second-order valence-corrected chi connectivity index (χ2v) is 23.8. The summed E-state index contributed by atoms with van der Waals surface area (Å²) in [6, 6.07) is 108. The molecule has 18 aromatic rings. The molecule has 0 radical (unpaired) electrons. The number of nitrogens with zero attached hydrogens (tertiary/aromatic N) is 8. The van der Waals surface area contributed by atoms with E-state index in [0.29, 0.717) is 34.9 Å². The van der Waals surface area contributed by atoms with E-state index in [1.807, 2.05) is 139 Å². The number of benzene rings is 13. The van der Waals surface area contributed by atoms with Gasteiger partial charge < -0.3 is 0 Å². The Morgan fingerprint density at radius 2 is 0.620 bits per heavy atom. The summed E-state index contributed by atoms with van der Waals surface area (Å²) in [5.41, 5.74) is 12.5. The summed E-state index contributed by atoms with van der Waals surface area (Å²) < 4.78 is 4.88. The van der Waals surface area contributed by atoms with Crippen molar-refractivity contribution in [3.8, 4) is 96.4 Å². The van der Waals surface area contributed by atoms with Gasteiger partial charge in [-0.2, -0.15) is 0 Å². The summed E-state index contributed by atoms with van der Waals surface area (Å²) in [7, 11) is 0. The highest BCUT2D eigenvalue weighted by Crippen LogP contribution is 2.43. The molecule has 430 valence electrons. The summed E-state index contributed by atoms with van der Waals surface area (Å²) in [5.74, 6) is 4.64. The Morgan fingerprint density at radius 3 is 1.18 bits per heavy atom. The Morgan fingerprint density at radius 1 is 0.228 bits per heavy atom. The van der Waals surface area contributed by atoms with Crippen LogP contribution in [-0.2, 0) is 0 Å². The quantitative estimate of drug-likeness (QED) is 0.133. The first kappa shape index (κ1) is 54.0. The van der Waals surface area contributed by atoms with Crippen molar-refractivity contribution in [3.63, 3.8) is 0 Å². The molecule has 18 rings (SSSR count). The predicted octanol–water partition coefficient (Wildman–Crippen LogP) is 21.4. The van der Waals surface area contributed by atoms with Crippen LogP contribution in [-0.4, -0.2) is 39.5 Å². The zero-order valence-corrected chi connectivity index (χ0v) is 50.3. The highest BCUT2D eigenvalue weighted by atomic mass is 32.1. The minimum Gasteiger partial charge on any atom is -0.294 e. The molecule has 92 heavy (non-hydrogen) atoms. The standard InChI is InChI=1S/C44H27N5S.C39H25N3/c1-3-12-28(13-4-1)42-46-43(29-14-5-2-6-15-29)48-44(47-42)31-23-25-40(45-27-31)49-37-20-9-7-16-33(37)34-24-22-30(26-38(34)49)32-18-11-19-36-35-17-8-10-21-39(35)50-41(32)36;1-3-12-26(13-4-1)37-40-38(27-14-5-2-6-15-27)42-39(41-37)30-17-11-16-28(24-30)29-22-23-35-33-20-8-7-18-31(33)32-19-9-10-21-34(32)36(35)25-29/h1-27H;1-25H. The second-order valence-electron chi connectivity index (χ2n) is 22.8. The molecule has 0 spiro atoms. The highest BCUT2D eigenvalue weighted by Gasteiger charge is 2.20. The van der Waals surface area contributed by atoms with Gasteiger partial charge in [-0.3, -0.25) is 4.57 Å². The van der Waals surface area contributed by atoms with Crippen LogP contribution in [0.3, 0.4) is 0 Å². The lowest BCUT2D eigenvalue weighted by Crippen LogP contribution is -2.01. The third kappa shape index (κ3) is 9.86. The molecule has 0 aliphatic carbocycles. The lowest BCUT2D eigenvalue weighted by atomic mass is 9.92. The molecule has 0 N–H and O–H groups in total. The number of hydrogen-bond acceptors (Lipinski definition) is 8. The van der Waals surface area contributed by atoms with Crippen LogP contribution in [0.2, 0.25) is 0 Å². The van der Waals surface area contributed by atoms with Gasteiger partial charge in [-0.1, -0.05) is 267 Å². The molecule has 13 aromatic carbocycles. The average molecular weight is 1190 g/mol. The van der Waals surface area contributed by atoms with Gasteiger partial charge in [0.1, 0.15) is 5.82 Å². The van der Waals surface area contributed by atoms with E-state index in [2.05, 4.69) is 193 Å². The largest absolute Gasteiger partial charge is 0.294 e. The number of thiophene rings is 1. The molecule has 5 heterocycles. The number of aromatic nitrogens is 8. The van der Waals surface area contributed by atoms with Crippen LogP contribution in [0.25, 0.3) is 171 Å². The van der Waals surface area contributed by atoms with Gasteiger partial charge in [0.15, 0.2) is 34.9 Å². The number of para-hydroxylation sites is 1. The van der Waals surface area contributed by atoms with Crippen LogP contribution >= 0.6 is 11.3 Å². The topological polar surface area (TPSA) is 95.2 Å². The van der Waals surface area contributed by atoms with Crippen LogP contribution in [0, 0.1) is 0 Å². The van der Waals surface area contributed by atoms with Gasteiger partial charge in [0.05, 0.1) is 11.0 Å². The summed E-state index contributed by atoms with van der Waals surface area (Å²) in [6.45, 7) is 0. The minimum atomic E-state index is 0.581. The fourth-order valence-electron chi connectivity index (χ4n) is 12.8. The van der Waals surface area contributed by atoms with E-state index < -0.39 is 0 Å². The van der Waals surface area contributed by atoms with E-state index in [0.717, 1.165) is 61.4 Å². The minimum absolute atomic E-state index is 0.581. The van der Waals surface area contributed by atoms with Gasteiger partial charge in [-0.25, -0.2) is 34.9 Å². The van der Waals surface area contributed by atoms with Crippen molar-refractivity contribution in [2.75, 3.05) is 0 Å². The second kappa shape index (κ2) is 23.1. The molecule has 0 aliphatic rings. The molecule has 0 amide bonds. The molecule has 0 atom stereocenters. The van der Waals surface area contributed by atoms with Crippen molar-refractivity contribution in [2.45, 2.75) is 0 Å². The summed E-state index contributed by atoms with van der Waals surface area (Å²) in [4.78, 5) is 34.4. The zero-order valence-electron chi connectivity index (χ0n) is 49.5. The summed E-state index contributed by atoms with van der Waals surface area (Å²) in [6.07, 6.45) is 1.87. The van der Waals surface area contributed by atoms with Gasteiger partial charge >= 0.3 is 0 Å². The van der Waals surface area contributed by atoms with Crippen molar-refractivity contribution < 1.29 is 0 Å². The smallest absolute Gasteiger partial charge is 0.165 e. The fourth-order valence-corrected chi connectivity index (χ4v) is 14.0. The number of rotatable bonds is 9. The first-order chi connectivity index (χ1) is 45.6. The van der Waals surface area contributed by atoms with Gasteiger partial charge in [0, 0.05) is 70.5 Å². The Hall–Kier alpha value is -12.2. The van der Waals surface area contributed by atoms with Crippen LogP contribution < -0.4 is 0 Å². The van der Waals surface area contributed by atoms with Gasteiger partial charge in [-0.15, -0.1) is 11.3 Å². The Labute approximate surface area is 533 Å². The van der Waals surface area contributed by atoms with Crippen LogP contribution in [0.4, 0.5) is 0 Å². The molecular formula is C83H52N8S. The number of hydrogen-bond donors (Lipinski definition) is 0. The zero-order chi connectivity index (χ0) is 60.9. The molecule has 0 unspecified atom stereocenters. The van der Waals surface area contributed by atoms with E-state index in [1.165, 1.54) is 74.4 Å². The maximum atomic E-state index is 5.05. The first-order valence-electron chi connectivity index (χ1n) is 30.7.